The molecule has 0 saturated carbocycles. The Bertz CT molecular complexity index is 573. The number of rotatable bonds is 10. The average Bonchev–Trinajstić information content (AvgIpc) is 2.64. The predicted molar refractivity (Wildman–Crippen MR) is 102 cm³/mol. The van der Waals surface area contributed by atoms with Crippen LogP contribution in [0.4, 0.5) is 0 Å². The van der Waals surface area contributed by atoms with Crippen molar-refractivity contribution in [3.63, 3.8) is 0 Å². The Morgan fingerprint density at radius 1 is 1.04 bits per heavy atom. The Morgan fingerprint density at radius 2 is 1.67 bits per heavy atom. The van der Waals surface area contributed by atoms with Crippen molar-refractivity contribution < 1.29 is 9.84 Å². The summed E-state index contributed by atoms with van der Waals surface area (Å²) in [6, 6.07) is 20.5. The van der Waals surface area contributed by atoms with E-state index in [1.54, 1.807) is 0 Å². The molecule has 2 rings (SSSR count). The maximum atomic E-state index is 10.7. The van der Waals surface area contributed by atoms with E-state index in [-0.39, 0.29) is 11.5 Å². The van der Waals surface area contributed by atoms with Crippen molar-refractivity contribution in [2.75, 3.05) is 12.4 Å². The molecule has 2 atom stereocenters. The average molecular weight is 345 g/mol. The smallest absolute Gasteiger partial charge is 0.0716 e. The van der Waals surface area contributed by atoms with Gasteiger partial charge in [-0.25, -0.2) is 0 Å². The van der Waals surface area contributed by atoms with Crippen molar-refractivity contribution in [3.8, 4) is 0 Å². The van der Waals surface area contributed by atoms with Gasteiger partial charge in [0.1, 0.15) is 0 Å². The summed E-state index contributed by atoms with van der Waals surface area (Å²) in [5.74, 6) is 0.910. The highest BCUT2D eigenvalue weighted by molar-refractivity contribution is 7.99. The first-order valence-electron chi connectivity index (χ1n) is 8.61. The largest absolute Gasteiger partial charge is 0.392 e. The second-order valence-electron chi connectivity index (χ2n) is 6.45. The third kappa shape index (κ3) is 5.97. The van der Waals surface area contributed by atoms with Gasteiger partial charge in [-0.3, -0.25) is 0 Å². The molecule has 0 amide bonds. The van der Waals surface area contributed by atoms with E-state index >= 15 is 0 Å². The summed E-state index contributed by atoms with van der Waals surface area (Å²) in [7, 11) is 0. The molecule has 3 heteroatoms. The molecule has 0 aromatic heterocycles. The fourth-order valence-corrected chi connectivity index (χ4v) is 3.75. The lowest BCUT2D eigenvalue weighted by atomic mass is 9.82. The monoisotopic (exact) mass is 344 g/mol. The molecule has 0 saturated heterocycles. The van der Waals surface area contributed by atoms with E-state index in [1.165, 1.54) is 10.5 Å². The number of aliphatic hydroxyl groups is 1. The van der Waals surface area contributed by atoms with Gasteiger partial charge < -0.3 is 9.84 Å². The third-order valence-electron chi connectivity index (χ3n) is 4.57. The Hall–Kier alpha value is -1.29. The quantitative estimate of drug-likeness (QED) is 0.477. The fourth-order valence-electron chi connectivity index (χ4n) is 2.51. The minimum Gasteiger partial charge on any atom is -0.392 e. The second kappa shape index (κ2) is 9.87. The zero-order valence-corrected chi connectivity index (χ0v) is 15.5. The lowest BCUT2D eigenvalue weighted by Crippen LogP contribution is -2.35. The van der Waals surface area contributed by atoms with Crippen LogP contribution in [0.25, 0.3) is 0 Å². The number of ether oxygens (including phenoxy) is 1. The first kappa shape index (κ1) is 19.0. The second-order valence-corrected chi connectivity index (χ2v) is 7.50. The van der Waals surface area contributed by atoms with E-state index in [0.29, 0.717) is 19.6 Å². The summed E-state index contributed by atoms with van der Waals surface area (Å²) < 4.78 is 5.73. The van der Waals surface area contributed by atoms with Crippen LogP contribution in [-0.4, -0.2) is 23.6 Å². The third-order valence-corrected chi connectivity index (χ3v) is 5.98. The maximum absolute atomic E-state index is 10.7. The molecule has 2 nitrogen and oxygen atoms in total. The Labute approximate surface area is 150 Å². The molecule has 24 heavy (non-hydrogen) atoms. The molecule has 0 spiro atoms. The number of benzene rings is 2. The summed E-state index contributed by atoms with van der Waals surface area (Å²) in [4.78, 5) is 1.25. The highest BCUT2D eigenvalue weighted by atomic mass is 32.2. The van der Waals surface area contributed by atoms with Crippen LogP contribution in [0.5, 0.6) is 0 Å². The van der Waals surface area contributed by atoms with Crippen LogP contribution in [0.15, 0.2) is 65.6 Å². The zero-order valence-electron chi connectivity index (χ0n) is 14.7. The van der Waals surface area contributed by atoms with Gasteiger partial charge in [-0.05, 0) is 30.5 Å². The Morgan fingerprint density at radius 3 is 2.29 bits per heavy atom. The minimum atomic E-state index is -0.352. The SMILES string of the molecule is CC[C@](C)(CSc1ccccc1)[C@@H](O)CCOCc1ccccc1. The number of thioether (sulfide) groups is 1. The normalized spacial score (nSPS) is 15.0. The molecule has 0 fully saturated rings. The molecule has 0 unspecified atom stereocenters. The van der Waals surface area contributed by atoms with Gasteiger partial charge in [-0.15, -0.1) is 11.8 Å². The van der Waals surface area contributed by atoms with Crippen LogP contribution in [0, 0.1) is 5.41 Å². The molecule has 0 aliphatic heterocycles. The molecule has 0 radical (unpaired) electrons. The van der Waals surface area contributed by atoms with Crippen molar-refractivity contribution >= 4 is 11.8 Å². The Kier molecular flexibility index (Phi) is 7.83. The molecule has 0 heterocycles. The van der Waals surface area contributed by atoms with Crippen molar-refractivity contribution in [1.82, 2.24) is 0 Å². The van der Waals surface area contributed by atoms with Gasteiger partial charge >= 0.3 is 0 Å². The molecular formula is C21H28O2S. The van der Waals surface area contributed by atoms with E-state index in [4.69, 9.17) is 4.74 Å². The summed E-state index contributed by atoms with van der Waals surface area (Å²) in [5.41, 5.74) is 1.07. The van der Waals surface area contributed by atoms with Gasteiger partial charge in [0.2, 0.25) is 0 Å². The van der Waals surface area contributed by atoms with Gasteiger partial charge in [0.25, 0.3) is 0 Å². The summed E-state index contributed by atoms with van der Waals surface area (Å²) in [6.45, 7) is 5.52. The van der Waals surface area contributed by atoms with Crippen molar-refractivity contribution in [1.29, 1.82) is 0 Å². The van der Waals surface area contributed by atoms with Gasteiger partial charge in [0.15, 0.2) is 0 Å². The molecule has 0 aliphatic carbocycles. The standard InChI is InChI=1S/C21H28O2S/c1-3-21(2,17-24-19-12-8-5-9-13-19)20(22)14-15-23-16-18-10-6-4-7-11-18/h4-13,20,22H,3,14-17H2,1-2H3/t20-,21+/m0/s1. The fraction of sp³-hybridized carbons (Fsp3) is 0.429. The van der Waals surface area contributed by atoms with Crippen molar-refractivity contribution in [3.05, 3.63) is 66.2 Å². The number of aliphatic hydroxyl groups excluding tert-OH is 1. The lowest BCUT2D eigenvalue weighted by Gasteiger charge is -2.33. The number of hydrogen-bond donors (Lipinski definition) is 1. The van der Waals surface area contributed by atoms with Gasteiger partial charge in [0.05, 0.1) is 12.7 Å². The Balaban J connectivity index is 1.76. The maximum Gasteiger partial charge on any atom is 0.0716 e. The molecule has 2 aromatic carbocycles. The summed E-state index contributed by atoms with van der Waals surface area (Å²) >= 11 is 1.82. The molecule has 1 N–H and O–H groups in total. The zero-order chi connectivity index (χ0) is 17.3. The van der Waals surface area contributed by atoms with Crippen LogP contribution >= 0.6 is 11.8 Å². The molecule has 0 aliphatic rings. The first-order valence-corrected chi connectivity index (χ1v) is 9.60. The van der Waals surface area contributed by atoms with E-state index in [2.05, 4.69) is 50.2 Å². The topological polar surface area (TPSA) is 29.5 Å². The van der Waals surface area contributed by atoms with Crippen molar-refractivity contribution in [2.24, 2.45) is 5.41 Å². The highest BCUT2D eigenvalue weighted by Gasteiger charge is 2.31. The van der Waals surface area contributed by atoms with Gasteiger partial charge in [-0.2, -0.15) is 0 Å². The van der Waals surface area contributed by atoms with Gasteiger partial charge in [-0.1, -0.05) is 62.4 Å². The van der Waals surface area contributed by atoms with Crippen LogP contribution in [0.3, 0.4) is 0 Å². The number of hydrogen-bond acceptors (Lipinski definition) is 3. The molecule has 0 bridgehead atoms. The predicted octanol–water partition coefficient (Wildman–Crippen LogP) is 5.16. The van der Waals surface area contributed by atoms with Crippen molar-refractivity contribution in [2.45, 2.75) is 44.3 Å². The van der Waals surface area contributed by atoms with E-state index < -0.39 is 0 Å². The molecule has 130 valence electrons. The minimum absolute atomic E-state index is 0.101. The van der Waals surface area contributed by atoms with Crippen LogP contribution in [0.2, 0.25) is 0 Å². The van der Waals surface area contributed by atoms with E-state index in [1.807, 2.05) is 36.0 Å². The van der Waals surface area contributed by atoms with E-state index in [0.717, 1.165) is 12.2 Å². The van der Waals surface area contributed by atoms with Crippen LogP contribution in [0.1, 0.15) is 32.3 Å². The lowest BCUT2D eigenvalue weighted by molar-refractivity contribution is 0.0110. The highest BCUT2D eigenvalue weighted by Crippen LogP contribution is 2.35. The summed E-state index contributed by atoms with van der Waals surface area (Å²) in [5, 5.41) is 10.7. The molecular weight excluding hydrogens is 316 g/mol. The van der Waals surface area contributed by atoms with Crippen LogP contribution < -0.4 is 0 Å². The molecule has 2 aromatic rings. The van der Waals surface area contributed by atoms with Crippen LogP contribution in [-0.2, 0) is 11.3 Å². The first-order chi connectivity index (χ1) is 11.6. The van der Waals surface area contributed by atoms with E-state index in [9.17, 15) is 5.11 Å². The summed E-state index contributed by atoms with van der Waals surface area (Å²) in [6.07, 6.45) is 1.27. The van der Waals surface area contributed by atoms with Gasteiger partial charge in [0, 0.05) is 22.7 Å².